The van der Waals surface area contributed by atoms with Gasteiger partial charge in [0.05, 0.1) is 6.33 Å². The molecular formula is C11H15N5O. The van der Waals surface area contributed by atoms with Gasteiger partial charge in [-0.25, -0.2) is 9.97 Å². The van der Waals surface area contributed by atoms with Crippen LogP contribution in [-0.4, -0.2) is 32.0 Å². The molecular weight excluding hydrogens is 218 g/mol. The largest absolute Gasteiger partial charge is 0.349 e. The van der Waals surface area contributed by atoms with E-state index in [2.05, 4.69) is 20.3 Å². The van der Waals surface area contributed by atoms with Gasteiger partial charge in [0.15, 0.2) is 5.82 Å². The van der Waals surface area contributed by atoms with E-state index in [-0.39, 0.29) is 5.91 Å². The first-order chi connectivity index (χ1) is 8.36. The van der Waals surface area contributed by atoms with Crippen LogP contribution >= 0.6 is 0 Å². The number of rotatable bonds is 6. The molecule has 0 aliphatic rings. The highest BCUT2D eigenvalue weighted by Gasteiger charge is 2.05. The lowest BCUT2D eigenvalue weighted by molar-refractivity contribution is 0.0943. The van der Waals surface area contributed by atoms with Crippen molar-refractivity contribution in [2.45, 2.75) is 19.4 Å². The first kappa shape index (κ1) is 11.4. The van der Waals surface area contributed by atoms with Crippen LogP contribution in [0.25, 0.3) is 0 Å². The number of aromatic nitrogens is 4. The van der Waals surface area contributed by atoms with E-state index in [1.807, 2.05) is 10.8 Å². The number of imidazole rings is 2. The van der Waals surface area contributed by atoms with Crippen LogP contribution < -0.4 is 5.32 Å². The van der Waals surface area contributed by atoms with E-state index in [0.29, 0.717) is 12.4 Å². The van der Waals surface area contributed by atoms with Crippen LogP contribution in [0.4, 0.5) is 0 Å². The summed E-state index contributed by atoms with van der Waals surface area (Å²) in [4.78, 5) is 22.1. The number of nitrogens with one attached hydrogen (secondary N) is 2. The molecule has 0 aromatic carbocycles. The quantitative estimate of drug-likeness (QED) is 0.725. The molecule has 0 atom stereocenters. The summed E-state index contributed by atoms with van der Waals surface area (Å²) in [5, 5.41) is 2.81. The third-order valence-corrected chi connectivity index (χ3v) is 2.40. The van der Waals surface area contributed by atoms with Crippen molar-refractivity contribution in [3.05, 3.63) is 36.9 Å². The molecule has 0 aliphatic carbocycles. The summed E-state index contributed by atoms with van der Waals surface area (Å²) in [6.07, 6.45) is 10.6. The lowest BCUT2D eigenvalue weighted by Gasteiger charge is -2.03. The van der Waals surface area contributed by atoms with Crippen molar-refractivity contribution in [3.8, 4) is 0 Å². The molecule has 0 fully saturated rings. The summed E-state index contributed by atoms with van der Waals surface area (Å²) >= 11 is 0. The Labute approximate surface area is 99.1 Å². The van der Waals surface area contributed by atoms with Crippen LogP contribution in [0.3, 0.4) is 0 Å². The average molecular weight is 233 g/mol. The highest BCUT2D eigenvalue weighted by atomic mass is 16.2. The molecule has 6 nitrogen and oxygen atoms in total. The SMILES string of the molecule is O=C(NCCCCn1ccnc1)c1ncc[nH]1. The molecule has 2 rings (SSSR count). The Morgan fingerprint density at radius 1 is 1.41 bits per heavy atom. The van der Waals surface area contributed by atoms with Gasteiger partial charge in [0.25, 0.3) is 5.91 Å². The second-order valence-electron chi connectivity index (χ2n) is 3.70. The van der Waals surface area contributed by atoms with Crippen LogP contribution in [-0.2, 0) is 6.54 Å². The summed E-state index contributed by atoms with van der Waals surface area (Å²) in [6.45, 7) is 1.59. The topological polar surface area (TPSA) is 75.6 Å². The Hall–Kier alpha value is -2.11. The van der Waals surface area contributed by atoms with Gasteiger partial charge in [0, 0.05) is 37.9 Å². The molecule has 0 saturated heterocycles. The molecule has 2 aromatic heterocycles. The zero-order valence-electron chi connectivity index (χ0n) is 9.47. The van der Waals surface area contributed by atoms with Crippen LogP contribution in [0, 0.1) is 0 Å². The fourth-order valence-corrected chi connectivity index (χ4v) is 1.51. The molecule has 0 radical (unpaired) electrons. The van der Waals surface area contributed by atoms with Crippen molar-refractivity contribution in [1.29, 1.82) is 0 Å². The molecule has 0 spiro atoms. The minimum Gasteiger partial charge on any atom is -0.349 e. The van der Waals surface area contributed by atoms with Crippen molar-refractivity contribution in [1.82, 2.24) is 24.8 Å². The lowest BCUT2D eigenvalue weighted by Crippen LogP contribution is -2.25. The maximum absolute atomic E-state index is 11.5. The Bertz CT molecular complexity index is 434. The van der Waals surface area contributed by atoms with Crippen molar-refractivity contribution in [3.63, 3.8) is 0 Å². The lowest BCUT2D eigenvalue weighted by atomic mass is 10.3. The van der Waals surface area contributed by atoms with Gasteiger partial charge in [-0.15, -0.1) is 0 Å². The Kier molecular flexibility index (Phi) is 3.90. The summed E-state index contributed by atoms with van der Waals surface area (Å²) in [5.74, 6) is 0.206. The number of aryl methyl sites for hydroxylation is 1. The van der Waals surface area contributed by atoms with E-state index >= 15 is 0 Å². The smallest absolute Gasteiger partial charge is 0.287 e. The molecule has 1 amide bonds. The number of hydrogen-bond acceptors (Lipinski definition) is 3. The molecule has 0 unspecified atom stereocenters. The predicted molar refractivity (Wildman–Crippen MR) is 62.4 cm³/mol. The average Bonchev–Trinajstić information content (AvgIpc) is 3.01. The Morgan fingerprint density at radius 3 is 3.06 bits per heavy atom. The number of H-pyrrole nitrogens is 1. The number of nitrogens with zero attached hydrogens (tertiary/aromatic N) is 3. The van der Waals surface area contributed by atoms with Crippen molar-refractivity contribution in [2.24, 2.45) is 0 Å². The summed E-state index contributed by atoms with van der Waals surface area (Å²) in [7, 11) is 0. The standard InChI is InChI=1S/C11H15N5O/c17-11(10-13-4-5-14-10)15-3-1-2-7-16-8-6-12-9-16/h4-6,8-9H,1-3,7H2,(H,13,14)(H,15,17). The van der Waals surface area contributed by atoms with Gasteiger partial charge in [-0.3, -0.25) is 4.79 Å². The number of hydrogen-bond donors (Lipinski definition) is 2. The van der Waals surface area contributed by atoms with E-state index in [4.69, 9.17) is 0 Å². The molecule has 2 aromatic rings. The number of carbonyl (C=O) groups excluding carboxylic acids is 1. The molecule has 0 bridgehead atoms. The normalized spacial score (nSPS) is 10.4. The molecule has 2 heterocycles. The van der Waals surface area contributed by atoms with Gasteiger partial charge < -0.3 is 14.9 Å². The van der Waals surface area contributed by atoms with Gasteiger partial charge in [0.1, 0.15) is 0 Å². The molecule has 6 heteroatoms. The fourth-order valence-electron chi connectivity index (χ4n) is 1.51. The van der Waals surface area contributed by atoms with Crippen molar-refractivity contribution >= 4 is 5.91 Å². The maximum atomic E-state index is 11.5. The minimum absolute atomic E-state index is 0.155. The van der Waals surface area contributed by atoms with Gasteiger partial charge in [-0.1, -0.05) is 0 Å². The van der Waals surface area contributed by atoms with Gasteiger partial charge in [-0.05, 0) is 12.8 Å². The highest BCUT2D eigenvalue weighted by molar-refractivity contribution is 5.90. The first-order valence-electron chi connectivity index (χ1n) is 5.59. The van der Waals surface area contributed by atoms with Crippen LogP contribution in [0.5, 0.6) is 0 Å². The molecule has 2 N–H and O–H groups in total. The maximum Gasteiger partial charge on any atom is 0.287 e. The minimum atomic E-state index is -0.155. The van der Waals surface area contributed by atoms with Gasteiger partial charge in [0.2, 0.25) is 0 Å². The second-order valence-corrected chi connectivity index (χ2v) is 3.70. The third-order valence-electron chi connectivity index (χ3n) is 2.40. The van der Waals surface area contributed by atoms with Crippen molar-refractivity contribution in [2.75, 3.05) is 6.54 Å². The first-order valence-corrected chi connectivity index (χ1v) is 5.59. The van der Waals surface area contributed by atoms with E-state index in [1.54, 1.807) is 24.9 Å². The number of amides is 1. The predicted octanol–water partition coefficient (Wildman–Crippen LogP) is 0.816. The van der Waals surface area contributed by atoms with Gasteiger partial charge in [-0.2, -0.15) is 0 Å². The summed E-state index contributed by atoms with van der Waals surface area (Å²) in [5.41, 5.74) is 0. The molecule has 0 aliphatic heterocycles. The zero-order valence-corrected chi connectivity index (χ0v) is 9.47. The number of unbranched alkanes of at least 4 members (excludes halogenated alkanes) is 1. The van der Waals surface area contributed by atoms with E-state index < -0.39 is 0 Å². The third kappa shape index (κ3) is 3.44. The van der Waals surface area contributed by atoms with Crippen LogP contribution in [0.15, 0.2) is 31.1 Å². The van der Waals surface area contributed by atoms with Crippen LogP contribution in [0.1, 0.15) is 23.5 Å². The summed E-state index contributed by atoms with van der Waals surface area (Å²) < 4.78 is 2.02. The second kappa shape index (κ2) is 5.83. The highest BCUT2D eigenvalue weighted by Crippen LogP contribution is 1.95. The zero-order chi connectivity index (χ0) is 11.9. The Morgan fingerprint density at radius 2 is 2.35 bits per heavy atom. The summed E-state index contributed by atoms with van der Waals surface area (Å²) in [6, 6.07) is 0. The molecule has 17 heavy (non-hydrogen) atoms. The van der Waals surface area contributed by atoms with E-state index in [9.17, 15) is 4.79 Å². The van der Waals surface area contributed by atoms with E-state index in [1.165, 1.54) is 0 Å². The van der Waals surface area contributed by atoms with Crippen LogP contribution in [0.2, 0.25) is 0 Å². The van der Waals surface area contributed by atoms with E-state index in [0.717, 1.165) is 19.4 Å². The molecule has 0 saturated carbocycles. The molecule has 90 valence electrons. The van der Waals surface area contributed by atoms with Gasteiger partial charge >= 0.3 is 0 Å². The monoisotopic (exact) mass is 233 g/mol. The van der Waals surface area contributed by atoms with Crippen molar-refractivity contribution < 1.29 is 4.79 Å². The number of carbonyl (C=O) groups is 1. The Balaban J connectivity index is 1.59. The fraction of sp³-hybridized carbons (Fsp3) is 0.364. The number of aromatic amines is 1.